The number of nitrogens with one attached hydrogen (secondary N) is 1. The second-order valence-corrected chi connectivity index (χ2v) is 4.79. The number of benzene rings is 1. The molecule has 0 aliphatic carbocycles. The van der Waals surface area contributed by atoms with Crippen LogP contribution in [0, 0.1) is 23.2 Å². The predicted molar refractivity (Wildman–Crippen MR) is 82.6 cm³/mol. The maximum Gasteiger partial charge on any atom is 0.151 e. The zero-order chi connectivity index (χ0) is 15.4. The molecule has 1 heterocycles. The first kappa shape index (κ1) is 14.7. The van der Waals surface area contributed by atoms with Gasteiger partial charge in [-0.05, 0) is 37.6 Å². The number of halogens is 1. The van der Waals surface area contributed by atoms with E-state index in [1.807, 2.05) is 25.1 Å². The van der Waals surface area contributed by atoms with Crippen molar-refractivity contribution in [2.24, 2.45) is 0 Å². The molecule has 3 nitrogen and oxygen atoms in total. The van der Waals surface area contributed by atoms with E-state index in [9.17, 15) is 4.79 Å². The van der Waals surface area contributed by atoms with Gasteiger partial charge >= 0.3 is 0 Å². The molecule has 0 aromatic heterocycles. The Morgan fingerprint density at radius 1 is 1.33 bits per heavy atom. The summed E-state index contributed by atoms with van der Waals surface area (Å²) in [6.07, 6.45) is 1.66. The van der Waals surface area contributed by atoms with Crippen molar-refractivity contribution >= 4 is 23.1 Å². The summed E-state index contributed by atoms with van der Waals surface area (Å²) in [7, 11) is 0. The molecule has 2 rings (SSSR count). The first-order valence-electron chi connectivity index (χ1n) is 6.18. The van der Waals surface area contributed by atoms with E-state index in [1.165, 1.54) is 0 Å². The number of nitriles is 1. The molecule has 0 unspecified atom stereocenters. The molecule has 1 aromatic rings. The normalized spacial score (nSPS) is 13.4. The van der Waals surface area contributed by atoms with Gasteiger partial charge in [0.15, 0.2) is 5.94 Å². The highest BCUT2D eigenvalue weighted by atomic mass is 35.5. The monoisotopic (exact) mass is 294 g/mol. The smallest absolute Gasteiger partial charge is 0.151 e. The molecular formula is C17H11ClN2O. The molecular weight excluding hydrogens is 284 g/mol. The van der Waals surface area contributed by atoms with Crippen LogP contribution in [0.4, 0.5) is 0 Å². The van der Waals surface area contributed by atoms with Crippen LogP contribution in [0.15, 0.2) is 41.2 Å². The summed E-state index contributed by atoms with van der Waals surface area (Å²) in [5, 5.41) is 12.5. The molecule has 1 aliphatic rings. The van der Waals surface area contributed by atoms with Crippen LogP contribution in [0.3, 0.4) is 0 Å². The largest absolute Gasteiger partial charge is 0.348 e. The highest BCUT2D eigenvalue weighted by Crippen LogP contribution is 2.29. The molecule has 21 heavy (non-hydrogen) atoms. The van der Waals surface area contributed by atoms with Gasteiger partial charge < -0.3 is 5.32 Å². The zero-order valence-electron chi connectivity index (χ0n) is 11.5. The summed E-state index contributed by atoms with van der Waals surface area (Å²) in [6, 6.07) is 7.49. The van der Waals surface area contributed by atoms with E-state index in [0.29, 0.717) is 5.02 Å². The Morgan fingerprint density at radius 3 is 2.67 bits per heavy atom. The average Bonchev–Trinajstić information content (AvgIpc) is 2.49. The minimum atomic E-state index is 0.151. The Bertz CT molecular complexity index is 823. The standard InChI is InChI=1S/C17H11ClN2O/c1-3-4-12-5-6-13(8-16(12)18)15-7-14(9-19)17(10-21)20-11(15)2/h5-8,20H,1-2H3. The summed E-state index contributed by atoms with van der Waals surface area (Å²) in [5.41, 5.74) is 3.57. The summed E-state index contributed by atoms with van der Waals surface area (Å²) in [5.74, 6) is 7.45. The van der Waals surface area contributed by atoms with Gasteiger partial charge in [-0.3, -0.25) is 0 Å². The number of rotatable bonds is 1. The third kappa shape index (κ3) is 2.91. The first-order chi connectivity index (χ1) is 10.1. The topological polar surface area (TPSA) is 52.9 Å². The van der Waals surface area contributed by atoms with Gasteiger partial charge in [0.05, 0.1) is 10.6 Å². The number of dihydropyridines is 1. The van der Waals surface area contributed by atoms with Crippen LogP contribution in [-0.2, 0) is 4.79 Å². The lowest BCUT2D eigenvalue weighted by Gasteiger charge is -2.18. The van der Waals surface area contributed by atoms with E-state index in [4.69, 9.17) is 16.9 Å². The van der Waals surface area contributed by atoms with Gasteiger partial charge in [-0.15, -0.1) is 5.92 Å². The van der Waals surface area contributed by atoms with Crippen LogP contribution >= 0.6 is 11.6 Å². The summed E-state index contributed by atoms with van der Waals surface area (Å²) >= 11 is 6.20. The average molecular weight is 295 g/mol. The lowest BCUT2D eigenvalue weighted by molar-refractivity contribution is 0.566. The number of carbonyl (C=O) groups excluding carboxylic acids is 1. The third-order valence-electron chi connectivity index (χ3n) is 3.04. The highest BCUT2D eigenvalue weighted by molar-refractivity contribution is 6.32. The Balaban J connectivity index is 2.54. The number of nitrogens with zero attached hydrogens (tertiary/aromatic N) is 1. The highest BCUT2D eigenvalue weighted by Gasteiger charge is 2.17. The van der Waals surface area contributed by atoms with Crippen molar-refractivity contribution < 1.29 is 4.79 Å². The maximum atomic E-state index is 10.8. The fraction of sp³-hybridized carbons (Fsp3) is 0.118. The van der Waals surface area contributed by atoms with Gasteiger partial charge in [0.25, 0.3) is 0 Å². The fourth-order valence-electron chi connectivity index (χ4n) is 2.03. The second-order valence-electron chi connectivity index (χ2n) is 4.38. The van der Waals surface area contributed by atoms with E-state index in [2.05, 4.69) is 17.2 Å². The van der Waals surface area contributed by atoms with Crippen molar-refractivity contribution in [2.75, 3.05) is 0 Å². The molecule has 0 amide bonds. The van der Waals surface area contributed by atoms with Gasteiger partial charge in [-0.2, -0.15) is 5.26 Å². The van der Waals surface area contributed by atoms with E-state index < -0.39 is 0 Å². The van der Waals surface area contributed by atoms with E-state index in [1.54, 1.807) is 25.0 Å². The lowest BCUT2D eigenvalue weighted by Crippen LogP contribution is -2.18. The molecule has 0 bridgehead atoms. The Kier molecular flexibility index (Phi) is 4.31. The Morgan fingerprint density at radius 2 is 2.10 bits per heavy atom. The summed E-state index contributed by atoms with van der Waals surface area (Å²) in [6.45, 7) is 3.57. The van der Waals surface area contributed by atoms with Crippen LogP contribution in [0.5, 0.6) is 0 Å². The number of hydrogen-bond donors (Lipinski definition) is 1. The van der Waals surface area contributed by atoms with Crippen molar-refractivity contribution in [3.63, 3.8) is 0 Å². The SMILES string of the molecule is CC#Cc1ccc(C2=C(C)NC(=C=O)C(C#N)=C2)cc1Cl. The first-order valence-corrected chi connectivity index (χ1v) is 6.56. The molecule has 0 radical (unpaired) electrons. The molecule has 1 aliphatic heterocycles. The van der Waals surface area contributed by atoms with Crippen molar-refractivity contribution in [3.8, 4) is 17.9 Å². The minimum absolute atomic E-state index is 0.151. The second kappa shape index (κ2) is 6.16. The summed E-state index contributed by atoms with van der Waals surface area (Å²) in [4.78, 5) is 10.8. The van der Waals surface area contributed by atoms with Gasteiger partial charge in [0.1, 0.15) is 11.8 Å². The van der Waals surface area contributed by atoms with Crippen molar-refractivity contribution in [1.29, 1.82) is 5.26 Å². The minimum Gasteiger partial charge on any atom is -0.348 e. The third-order valence-corrected chi connectivity index (χ3v) is 3.35. The fourth-order valence-corrected chi connectivity index (χ4v) is 2.26. The number of hydrogen-bond acceptors (Lipinski definition) is 3. The molecule has 0 atom stereocenters. The molecule has 1 aromatic carbocycles. The zero-order valence-corrected chi connectivity index (χ0v) is 12.3. The molecule has 0 saturated carbocycles. The van der Waals surface area contributed by atoms with Crippen molar-refractivity contribution in [1.82, 2.24) is 5.32 Å². The quantitative estimate of drug-likeness (QED) is 0.639. The Labute approximate surface area is 128 Å². The molecule has 102 valence electrons. The van der Waals surface area contributed by atoms with Crippen LogP contribution in [0.1, 0.15) is 25.0 Å². The Hall–Kier alpha value is -2.71. The molecule has 0 spiro atoms. The van der Waals surface area contributed by atoms with Crippen molar-refractivity contribution in [3.05, 3.63) is 57.4 Å². The van der Waals surface area contributed by atoms with Crippen LogP contribution in [0.2, 0.25) is 5.02 Å². The molecule has 1 N–H and O–H groups in total. The predicted octanol–water partition coefficient (Wildman–Crippen LogP) is 3.21. The molecule has 4 heteroatoms. The van der Waals surface area contributed by atoms with E-state index in [0.717, 1.165) is 22.4 Å². The van der Waals surface area contributed by atoms with Crippen LogP contribution in [0.25, 0.3) is 5.57 Å². The molecule has 0 saturated heterocycles. The van der Waals surface area contributed by atoms with Crippen LogP contribution in [-0.4, -0.2) is 5.94 Å². The van der Waals surface area contributed by atoms with Gasteiger partial charge in [-0.1, -0.05) is 23.6 Å². The number of allylic oxidation sites excluding steroid dienone is 4. The van der Waals surface area contributed by atoms with E-state index >= 15 is 0 Å². The summed E-state index contributed by atoms with van der Waals surface area (Å²) < 4.78 is 0. The van der Waals surface area contributed by atoms with Gasteiger partial charge in [-0.25, -0.2) is 4.79 Å². The van der Waals surface area contributed by atoms with Gasteiger partial charge in [0, 0.05) is 16.8 Å². The van der Waals surface area contributed by atoms with E-state index in [-0.39, 0.29) is 11.3 Å². The van der Waals surface area contributed by atoms with Crippen LogP contribution < -0.4 is 5.32 Å². The lowest BCUT2D eigenvalue weighted by atomic mass is 9.96. The van der Waals surface area contributed by atoms with Gasteiger partial charge in [0.2, 0.25) is 0 Å². The maximum absolute atomic E-state index is 10.8. The molecule has 0 fully saturated rings. The van der Waals surface area contributed by atoms with Crippen molar-refractivity contribution in [2.45, 2.75) is 13.8 Å².